The first-order chi connectivity index (χ1) is 15.6. The molecule has 2 heterocycles. The van der Waals surface area contributed by atoms with Gasteiger partial charge in [0.15, 0.2) is 5.52 Å². The molecule has 160 valence electrons. The Labute approximate surface area is 183 Å². The Balaban J connectivity index is 1.44. The molecule has 5 rings (SSSR count). The fraction of sp³-hybridized carbons (Fsp3) is 0.160. The van der Waals surface area contributed by atoms with Crippen LogP contribution in [0.1, 0.15) is 5.76 Å². The van der Waals surface area contributed by atoms with Crippen molar-refractivity contribution >= 4 is 21.7 Å². The van der Waals surface area contributed by atoms with Gasteiger partial charge in [0, 0.05) is 10.9 Å². The minimum atomic E-state index is -0.951. The van der Waals surface area contributed by atoms with Gasteiger partial charge in [0.25, 0.3) is 5.56 Å². The summed E-state index contributed by atoms with van der Waals surface area (Å²) in [6.07, 6.45) is -0.951. The summed E-state index contributed by atoms with van der Waals surface area (Å²) in [5.41, 5.74) is 1.19. The normalized spacial score (nSPS) is 12.3. The smallest absolute Gasteiger partial charge is 0.296 e. The Hall–Kier alpha value is -3.97. The van der Waals surface area contributed by atoms with Gasteiger partial charge in [0.2, 0.25) is 0 Å². The van der Waals surface area contributed by atoms with E-state index in [1.807, 2.05) is 72.8 Å². The van der Waals surface area contributed by atoms with Crippen LogP contribution in [0.25, 0.3) is 32.9 Å². The lowest BCUT2D eigenvalue weighted by Gasteiger charge is -2.15. The highest BCUT2D eigenvalue weighted by Crippen LogP contribution is 2.27. The lowest BCUT2D eigenvalue weighted by molar-refractivity contribution is 0.0889. The molecule has 0 radical (unpaired) electrons. The van der Waals surface area contributed by atoms with Gasteiger partial charge in [-0.15, -0.1) is 0 Å². The van der Waals surface area contributed by atoms with E-state index in [0.717, 1.165) is 16.3 Å². The summed E-state index contributed by atoms with van der Waals surface area (Å²) in [5, 5.41) is 21.7. The molecule has 7 heteroatoms. The number of aliphatic hydroxyl groups excluding tert-OH is 1. The monoisotopic (exact) mass is 427 g/mol. The number of ether oxygens (including phenoxy) is 1. The Morgan fingerprint density at radius 3 is 2.62 bits per heavy atom. The van der Waals surface area contributed by atoms with Crippen molar-refractivity contribution in [2.75, 3.05) is 6.61 Å². The van der Waals surface area contributed by atoms with E-state index in [1.54, 1.807) is 6.92 Å². The Kier molecular flexibility index (Phi) is 5.17. The van der Waals surface area contributed by atoms with E-state index in [9.17, 15) is 9.90 Å². The fourth-order valence-corrected chi connectivity index (χ4v) is 3.82. The Morgan fingerprint density at radius 2 is 1.78 bits per heavy atom. The van der Waals surface area contributed by atoms with E-state index < -0.39 is 11.7 Å². The summed E-state index contributed by atoms with van der Waals surface area (Å²) < 4.78 is 12.4. The molecule has 0 aliphatic heterocycles. The van der Waals surface area contributed by atoms with Crippen LogP contribution in [-0.2, 0) is 6.54 Å². The highest BCUT2D eigenvalue weighted by atomic mass is 16.5. The maximum Gasteiger partial charge on any atom is 0.296 e. The third-order valence-corrected chi connectivity index (χ3v) is 5.37. The van der Waals surface area contributed by atoms with Crippen LogP contribution in [0.4, 0.5) is 0 Å². The van der Waals surface area contributed by atoms with Gasteiger partial charge in [0.05, 0.1) is 11.9 Å². The van der Waals surface area contributed by atoms with Crippen LogP contribution in [0, 0.1) is 6.92 Å². The van der Waals surface area contributed by atoms with Crippen molar-refractivity contribution in [1.82, 2.24) is 14.9 Å². The predicted octanol–water partition coefficient (Wildman–Crippen LogP) is 3.95. The molecule has 0 saturated heterocycles. The van der Waals surface area contributed by atoms with Crippen LogP contribution >= 0.6 is 0 Å². The van der Waals surface area contributed by atoms with Crippen molar-refractivity contribution in [3.8, 4) is 17.0 Å². The summed E-state index contributed by atoms with van der Waals surface area (Å²) in [6.45, 7) is 1.73. The van der Waals surface area contributed by atoms with Crippen LogP contribution in [0.3, 0.4) is 0 Å². The third kappa shape index (κ3) is 3.63. The number of hydrogen-bond donors (Lipinski definition) is 1. The maximum atomic E-state index is 12.9. The molecular formula is C25H21N3O4. The second-order valence-electron chi connectivity index (χ2n) is 7.61. The molecule has 3 aromatic carbocycles. The molecule has 32 heavy (non-hydrogen) atoms. The molecule has 0 amide bonds. The topological polar surface area (TPSA) is 90.4 Å². The first-order valence-corrected chi connectivity index (χ1v) is 10.3. The van der Waals surface area contributed by atoms with Gasteiger partial charge >= 0.3 is 0 Å². The first-order valence-electron chi connectivity index (χ1n) is 10.3. The molecule has 5 aromatic rings. The van der Waals surface area contributed by atoms with Gasteiger partial charge in [-0.3, -0.25) is 4.79 Å². The quantitative estimate of drug-likeness (QED) is 0.441. The van der Waals surface area contributed by atoms with Gasteiger partial charge < -0.3 is 14.4 Å². The average molecular weight is 427 g/mol. The van der Waals surface area contributed by atoms with Crippen LogP contribution in [0.2, 0.25) is 0 Å². The van der Waals surface area contributed by atoms with Crippen LogP contribution < -0.4 is 10.3 Å². The molecule has 0 saturated carbocycles. The summed E-state index contributed by atoms with van der Waals surface area (Å²) >= 11 is 0. The second-order valence-corrected chi connectivity index (χ2v) is 7.61. The number of nitrogens with zero attached hydrogens (tertiary/aromatic N) is 3. The van der Waals surface area contributed by atoms with E-state index in [0.29, 0.717) is 22.6 Å². The lowest BCUT2D eigenvalue weighted by atomic mass is 10.1. The number of hydrogen-bond acceptors (Lipinski definition) is 6. The molecule has 0 spiro atoms. The van der Waals surface area contributed by atoms with Crippen LogP contribution in [-0.4, -0.2) is 32.8 Å². The van der Waals surface area contributed by atoms with E-state index in [-0.39, 0.29) is 18.7 Å². The van der Waals surface area contributed by atoms with E-state index in [4.69, 9.17) is 9.26 Å². The van der Waals surface area contributed by atoms with Crippen molar-refractivity contribution in [3.63, 3.8) is 0 Å². The minimum absolute atomic E-state index is 0.0126. The molecule has 1 atom stereocenters. The van der Waals surface area contributed by atoms with E-state index in [2.05, 4.69) is 10.3 Å². The Morgan fingerprint density at radius 1 is 1.03 bits per heavy atom. The van der Waals surface area contributed by atoms with Gasteiger partial charge in [-0.25, -0.2) is 4.68 Å². The number of aliphatic hydroxyl groups is 1. The molecule has 2 aromatic heterocycles. The zero-order valence-corrected chi connectivity index (χ0v) is 17.4. The number of benzene rings is 3. The largest absolute Gasteiger partial charge is 0.490 e. The van der Waals surface area contributed by atoms with Crippen molar-refractivity contribution in [1.29, 1.82) is 0 Å². The lowest BCUT2D eigenvalue weighted by Crippen LogP contribution is -2.32. The minimum Gasteiger partial charge on any atom is -0.490 e. The van der Waals surface area contributed by atoms with Crippen molar-refractivity contribution < 1.29 is 14.4 Å². The summed E-state index contributed by atoms with van der Waals surface area (Å²) in [6, 6.07) is 23.2. The van der Waals surface area contributed by atoms with Crippen molar-refractivity contribution in [2.24, 2.45) is 0 Å². The Bertz CT molecular complexity index is 1450. The molecule has 7 nitrogen and oxygen atoms in total. The number of aromatic nitrogens is 3. The van der Waals surface area contributed by atoms with Gasteiger partial charge in [-0.05, 0) is 18.4 Å². The van der Waals surface area contributed by atoms with Crippen molar-refractivity contribution in [3.05, 3.63) is 88.9 Å². The predicted molar refractivity (Wildman–Crippen MR) is 122 cm³/mol. The third-order valence-electron chi connectivity index (χ3n) is 5.37. The summed E-state index contributed by atoms with van der Waals surface area (Å²) in [5.74, 6) is 1.20. The molecule has 1 N–H and O–H groups in total. The zero-order chi connectivity index (χ0) is 22.1. The number of rotatable bonds is 6. The molecule has 0 aliphatic carbocycles. The number of fused-ring (bicyclic) bond motifs is 2. The summed E-state index contributed by atoms with van der Waals surface area (Å²) in [7, 11) is 0. The average Bonchev–Trinajstić information content (AvgIpc) is 3.22. The van der Waals surface area contributed by atoms with Crippen LogP contribution in [0.5, 0.6) is 5.75 Å². The molecule has 0 aliphatic rings. The molecule has 0 fully saturated rings. The van der Waals surface area contributed by atoms with Gasteiger partial charge in [-0.1, -0.05) is 71.9 Å². The first kappa shape index (κ1) is 20.0. The molecular weight excluding hydrogens is 406 g/mol. The molecule has 1 unspecified atom stereocenters. The van der Waals surface area contributed by atoms with E-state index in [1.165, 1.54) is 4.68 Å². The highest BCUT2D eigenvalue weighted by Gasteiger charge is 2.20. The van der Waals surface area contributed by atoms with Gasteiger partial charge in [-0.2, -0.15) is 5.10 Å². The maximum absolute atomic E-state index is 12.9. The molecule has 0 bridgehead atoms. The highest BCUT2D eigenvalue weighted by molar-refractivity contribution is 5.93. The van der Waals surface area contributed by atoms with Gasteiger partial charge in [0.1, 0.15) is 29.9 Å². The standard InChI is InChI=1S/C25H21N3O4/c1-16-22-23(18-9-3-2-4-10-18)26-28(25(30)24(22)27-32-16)14-19(29)15-31-21-13-7-11-17-8-5-6-12-20(17)21/h2-13,19,29H,14-15H2,1H3. The fourth-order valence-electron chi connectivity index (χ4n) is 3.82. The van der Waals surface area contributed by atoms with Crippen LogP contribution in [0.15, 0.2) is 82.1 Å². The summed E-state index contributed by atoms with van der Waals surface area (Å²) in [4.78, 5) is 12.9. The van der Waals surface area contributed by atoms with E-state index >= 15 is 0 Å². The SMILES string of the molecule is Cc1onc2c(=O)n(CC(O)COc3cccc4ccccc34)nc(-c3ccccc3)c12. The van der Waals surface area contributed by atoms with Crippen molar-refractivity contribution in [2.45, 2.75) is 19.6 Å². The second kappa shape index (κ2) is 8.28. The number of aryl methyl sites for hydroxylation is 1. The zero-order valence-electron chi connectivity index (χ0n) is 17.4.